The topological polar surface area (TPSA) is 49.7 Å². The van der Waals surface area contributed by atoms with E-state index in [1.54, 1.807) is 4.90 Å². The van der Waals surface area contributed by atoms with Crippen LogP contribution in [-0.4, -0.2) is 28.3 Å². The van der Waals surface area contributed by atoms with Crippen molar-refractivity contribution in [3.63, 3.8) is 0 Å². The van der Waals surface area contributed by atoms with Gasteiger partial charge in [-0.15, -0.1) is 0 Å². The van der Waals surface area contributed by atoms with E-state index in [0.29, 0.717) is 0 Å². The molecule has 0 aromatic carbocycles. The van der Waals surface area contributed by atoms with Crippen LogP contribution in [0.25, 0.3) is 0 Å². The van der Waals surface area contributed by atoms with Crippen molar-refractivity contribution in [2.45, 2.75) is 57.9 Å². The lowest BCUT2D eigenvalue weighted by molar-refractivity contribution is 0.175. The molecule has 4 nitrogen and oxygen atoms in total. The molecule has 0 bridgehead atoms. The van der Waals surface area contributed by atoms with Crippen molar-refractivity contribution < 1.29 is 9.00 Å². The fourth-order valence-corrected chi connectivity index (χ4v) is 2.44. The Morgan fingerprint density at radius 3 is 2.07 bits per heavy atom. The maximum absolute atomic E-state index is 11.7. The molecular weight excluding hydrogens is 212 g/mol. The second-order valence-corrected chi connectivity index (χ2v) is 5.85. The molecule has 0 atom stereocenters. The lowest BCUT2D eigenvalue weighted by atomic mass is 10.2. The molecule has 0 aromatic heterocycles. The average Bonchev–Trinajstić information content (AvgIpc) is 2.82. The largest absolute Gasteiger partial charge is 0.444 e. The number of carbonyl (C=O) groups excluding carboxylic acids is 1. The Morgan fingerprint density at radius 1 is 1.27 bits per heavy atom. The van der Waals surface area contributed by atoms with Crippen molar-refractivity contribution in [2.24, 2.45) is 4.36 Å². The first-order valence-electron chi connectivity index (χ1n) is 5.38. The molecular formula is C10H19N2O2S-. The van der Waals surface area contributed by atoms with Crippen LogP contribution in [-0.2, 0) is 14.8 Å². The summed E-state index contributed by atoms with van der Waals surface area (Å²) in [6.07, 6.45) is 1.87. The minimum Gasteiger partial charge on any atom is -0.444 e. The van der Waals surface area contributed by atoms with Gasteiger partial charge in [0.05, 0.1) is 0 Å². The summed E-state index contributed by atoms with van der Waals surface area (Å²) < 4.78 is 15.2. The van der Waals surface area contributed by atoms with E-state index in [-0.39, 0.29) is 23.4 Å². The van der Waals surface area contributed by atoms with Crippen LogP contribution in [0.5, 0.6) is 0 Å². The highest BCUT2D eigenvalue weighted by Gasteiger charge is 2.19. The van der Waals surface area contributed by atoms with Gasteiger partial charge in [-0.05, 0) is 27.7 Å². The maximum Gasteiger partial charge on any atom is 0.320 e. The van der Waals surface area contributed by atoms with Crippen LogP contribution in [0, 0.1) is 0 Å². The van der Waals surface area contributed by atoms with Gasteiger partial charge in [0.25, 0.3) is 0 Å². The van der Waals surface area contributed by atoms with Crippen molar-refractivity contribution in [3.05, 3.63) is 0 Å². The van der Waals surface area contributed by atoms with Crippen molar-refractivity contribution in [1.82, 2.24) is 4.90 Å². The summed E-state index contributed by atoms with van der Waals surface area (Å²) in [5.41, 5.74) is 0. The van der Waals surface area contributed by atoms with Crippen molar-refractivity contribution >= 4 is 16.6 Å². The molecule has 0 saturated heterocycles. The Morgan fingerprint density at radius 2 is 1.73 bits per heavy atom. The highest BCUT2D eigenvalue weighted by Crippen LogP contribution is 2.24. The normalized spacial score (nSPS) is 18.5. The van der Waals surface area contributed by atoms with Crippen molar-refractivity contribution in [3.8, 4) is 0 Å². The second-order valence-electron chi connectivity index (χ2n) is 4.44. The van der Waals surface area contributed by atoms with Gasteiger partial charge in [0.1, 0.15) is 0 Å². The smallest absolute Gasteiger partial charge is 0.320 e. The summed E-state index contributed by atoms with van der Waals surface area (Å²) in [5.74, 6) is 0. The molecule has 1 fully saturated rings. The SMILES string of the molecule is CC(C)N(C(=O)N=[S-](=O)C1CC1)C(C)C. The van der Waals surface area contributed by atoms with Crippen molar-refractivity contribution in [1.29, 1.82) is 0 Å². The molecule has 15 heavy (non-hydrogen) atoms. The molecule has 0 aliphatic heterocycles. The summed E-state index contributed by atoms with van der Waals surface area (Å²) in [7, 11) is -1.31. The Hall–Kier alpha value is -0.580. The number of urea groups is 1. The van der Waals surface area contributed by atoms with Crippen LogP contribution in [0.3, 0.4) is 0 Å². The first-order chi connectivity index (χ1) is 6.93. The van der Waals surface area contributed by atoms with E-state index in [0.717, 1.165) is 12.8 Å². The molecule has 0 N–H and O–H groups in total. The minimum absolute atomic E-state index is 0.0949. The number of rotatable bonds is 3. The third-order valence-electron chi connectivity index (χ3n) is 2.31. The van der Waals surface area contributed by atoms with Crippen molar-refractivity contribution in [2.75, 3.05) is 0 Å². The van der Waals surface area contributed by atoms with E-state index < -0.39 is 10.6 Å². The summed E-state index contributed by atoms with van der Waals surface area (Å²) in [6.45, 7) is 7.75. The predicted octanol–water partition coefficient (Wildman–Crippen LogP) is 2.54. The third-order valence-corrected chi connectivity index (χ3v) is 3.69. The lowest BCUT2D eigenvalue weighted by Gasteiger charge is -2.29. The van der Waals surface area contributed by atoms with E-state index in [9.17, 15) is 9.00 Å². The maximum atomic E-state index is 11.7. The third kappa shape index (κ3) is 3.48. The molecule has 0 heterocycles. The zero-order valence-electron chi connectivity index (χ0n) is 9.77. The molecule has 1 rings (SSSR count). The lowest BCUT2D eigenvalue weighted by Crippen LogP contribution is -2.40. The predicted molar refractivity (Wildman–Crippen MR) is 61.0 cm³/mol. The van der Waals surface area contributed by atoms with Crippen LogP contribution >= 0.6 is 0 Å². The Bertz CT molecular complexity index is 307. The van der Waals surface area contributed by atoms with Crippen LogP contribution in [0.15, 0.2) is 4.36 Å². The van der Waals surface area contributed by atoms with E-state index in [1.165, 1.54) is 0 Å². The van der Waals surface area contributed by atoms with Gasteiger partial charge in [0.15, 0.2) is 0 Å². The quantitative estimate of drug-likeness (QED) is 0.701. The average molecular weight is 231 g/mol. The molecule has 1 aliphatic carbocycles. The molecule has 88 valence electrons. The minimum atomic E-state index is -1.31. The Balaban J connectivity index is 2.72. The first-order valence-corrected chi connectivity index (χ1v) is 6.55. The summed E-state index contributed by atoms with van der Waals surface area (Å²) in [4.78, 5) is 13.4. The highest BCUT2D eigenvalue weighted by molar-refractivity contribution is 7.76. The fraction of sp³-hybridized carbons (Fsp3) is 0.900. The Labute approximate surface area is 93.2 Å². The first kappa shape index (κ1) is 12.5. The molecule has 1 saturated carbocycles. The summed E-state index contributed by atoms with van der Waals surface area (Å²) in [5, 5.41) is 0.134. The second kappa shape index (κ2) is 4.96. The molecule has 0 aromatic rings. The monoisotopic (exact) mass is 231 g/mol. The standard InChI is InChI=1S/C10H19N2O2S/c1-7(2)12(8(3)4)10(13)11-15(14)9-5-6-9/h7-9H,5-6H2,1-4H3/q-1. The fourth-order valence-electron chi connectivity index (χ4n) is 1.51. The molecule has 0 spiro atoms. The molecule has 0 radical (unpaired) electrons. The van der Waals surface area contributed by atoms with E-state index in [2.05, 4.69) is 4.36 Å². The van der Waals surface area contributed by atoms with Crippen LogP contribution < -0.4 is 0 Å². The number of carbonyl (C=O) groups is 1. The van der Waals surface area contributed by atoms with E-state index in [4.69, 9.17) is 0 Å². The van der Waals surface area contributed by atoms with Gasteiger partial charge in [0, 0.05) is 12.1 Å². The number of amides is 2. The van der Waals surface area contributed by atoms with Gasteiger partial charge in [0.2, 0.25) is 0 Å². The van der Waals surface area contributed by atoms with Gasteiger partial charge in [-0.1, -0.05) is 18.1 Å². The van der Waals surface area contributed by atoms with E-state index in [1.807, 2.05) is 27.7 Å². The van der Waals surface area contributed by atoms with Gasteiger partial charge < -0.3 is 13.5 Å². The van der Waals surface area contributed by atoms with Gasteiger partial charge >= 0.3 is 6.03 Å². The molecule has 5 heteroatoms. The summed E-state index contributed by atoms with van der Waals surface area (Å²) >= 11 is 0. The Kier molecular flexibility index (Phi) is 4.13. The summed E-state index contributed by atoms with van der Waals surface area (Å²) in [6, 6.07) is -0.153. The van der Waals surface area contributed by atoms with Gasteiger partial charge in [-0.25, -0.2) is 4.79 Å². The highest BCUT2D eigenvalue weighted by atomic mass is 32.2. The van der Waals surface area contributed by atoms with Crippen LogP contribution in [0.1, 0.15) is 40.5 Å². The van der Waals surface area contributed by atoms with Crippen LogP contribution in [0.2, 0.25) is 0 Å². The van der Waals surface area contributed by atoms with E-state index >= 15 is 0 Å². The number of hydrogen-bond acceptors (Lipinski definition) is 3. The van der Waals surface area contributed by atoms with Crippen LogP contribution in [0.4, 0.5) is 4.79 Å². The molecule has 0 unspecified atom stereocenters. The van der Waals surface area contributed by atoms with Gasteiger partial charge in [-0.3, -0.25) is 0 Å². The molecule has 1 aliphatic rings. The number of hydrogen-bond donors (Lipinski definition) is 0. The molecule has 2 amide bonds. The zero-order valence-corrected chi connectivity index (χ0v) is 10.6. The number of nitrogens with zero attached hydrogens (tertiary/aromatic N) is 2. The van der Waals surface area contributed by atoms with Gasteiger partial charge in [-0.2, -0.15) is 10.6 Å². The zero-order chi connectivity index (χ0) is 11.6.